The normalized spacial score (nSPS) is 24.4. The van der Waals surface area contributed by atoms with Crippen LogP contribution in [-0.2, 0) is 4.74 Å². The molecule has 90 valence electrons. The molecule has 2 aromatic rings. The van der Waals surface area contributed by atoms with E-state index in [4.69, 9.17) is 4.74 Å². The Kier molecular flexibility index (Phi) is 2.52. The molecule has 3 nitrogen and oxygen atoms in total. The van der Waals surface area contributed by atoms with Crippen LogP contribution in [0.1, 0.15) is 13.3 Å². The number of aromatic nitrogens is 1. The molecular formula is C12H13FN2OS. The molecule has 5 heteroatoms. The number of rotatable bonds is 2. The fourth-order valence-corrected chi connectivity index (χ4v) is 2.97. The molecule has 1 fully saturated rings. The molecule has 0 spiro atoms. The maximum Gasteiger partial charge on any atom is 0.184 e. The second-order valence-corrected chi connectivity index (χ2v) is 5.65. The Balaban J connectivity index is 1.90. The summed E-state index contributed by atoms with van der Waals surface area (Å²) < 4.78 is 19.4. The molecule has 0 amide bonds. The highest BCUT2D eigenvalue weighted by Crippen LogP contribution is 2.30. The van der Waals surface area contributed by atoms with Crippen LogP contribution >= 0.6 is 11.3 Å². The van der Waals surface area contributed by atoms with Crippen LogP contribution in [0.15, 0.2) is 18.2 Å². The van der Waals surface area contributed by atoms with Gasteiger partial charge in [0.2, 0.25) is 0 Å². The molecule has 1 aromatic heterocycles. The van der Waals surface area contributed by atoms with Crippen molar-refractivity contribution >= 4 is 26.7 Å². The fourth-order valence-electron chi connectivity index (χ4n) is 1.98. The number of benzene rings is 1. The minimum Gasteiger partial charge on any atom is -0.379 e. The van der Waals surface area contributed by atoms with Crippen LogP contribution in [-0.4, -0.2) is 23.7 Å². The monoisotopic (exact) mass is 252 g/mol. The van der Waals surface area contributed by atoms with Crippen LogP contribution in [0, 0.1) is 5.82 Å². The van der Waals surface area contributed by atoms with Gasteiger partial charge in [0.25, 0.3) is 0 Å². The highest BCUT2D eigenvalue weighted by atomic mass is 32.1. The molecule has 1 aliphatic rings. The number of fused-ring (bicyclic) bond motifs is 1. The quantitative estimate of drug-likeness (QED) is 0.892. The van der Waals surface area contributed by atoms with Crippen LogP contribution in [0.25, 0.3) is 10.2 Å². The lowest BCUT2D eigenvalue weighted by atomic mass is 10.0. The van der Waals surface area contributed by atoms with Crippen molar-refractivity contribution in [1.29, 1.82) is 0 Å². The lowest BCUT2D eigenvalue weighted by Gasteiger charge is -2.22. The Bertz CT molecular complexity index is 548. The van der Waals surface area contributed by atoms with Gasteiger partial charge in [-0.2, -0.15) is 0 Å². The largest absolute Gasteiger partial charge is 0.379 e. The maximum atomic E-state index is 13.1. The smallest absolute Gasteiger partial charge is 0.184 e. The minimum atomic E-state index is -0.246. The van der Waals surface area contributed by atoms with Crippen molar-refractivity contribution in [3.05, 3.63) is 24.0 Å². The highest BCUT2D eigenvalue weighted by molar-refractivity contribution is 7.22. The van der Waals surface area contributed by atoms with E-state index in [0.717, 1.165) is 22.9 Å². The maximum absolute atomic E-state index is 13.1. The van der Waals surface area contributed by atoms with Gasteiger partial charge >= 0.3 is 0 Å². The summed E-state index contributed by atoms with van der Waals surface area (Å²) in [7, 11) is 0. The number of hydrogen-bond acceptors (Lipinski definition) is 4. The average molecular weight is 252 g/mol. The molecule has 3 rings (SSSR count). The number of thiazole rings is 1. The first-order valence-electron chi connectivity index (χ1n) is 5.57. The number of anilines is 1. The van der Waals surface area contributed by atoms with Crippen LogP contribution in [0.5, 0.6) is 0 Å². The van der Waals surface area contributed by atoms with Crippen molar-refractivity contribution in [3.63, 3.8) is 0 Å². The molecular weight excluding hydrogens is 239 g/mol. The molecule has 0 radical (unpaired) electrons. The van der Waals surface area contributed by atoms with Crippen molar-refractivity contribution in [3.8, 4) is 0 Å². The summed E-state index contributed by atoms with van der Waals surface area (Å²) in [6.07, 6.45) is 0.970. The van der Waals surface area contributed by atoms with Crippen molar-refractivity contribution in [1.82, 2.24) is 4.98 Å². The van der Waals surface area contributed by atoms with Crippen molar-refractivity contribution in [2.75, 3.05) is 18.5 Å². The Morgan fingerprint density at radius 2 is 2.41 bits per heavy atom. The Labute approximate surface area is 103 Å². The van der Waals surface area contributed by atoms with E-state index >= 15 is 0 Å². The van der Waals surface area contributed by atoms with E-state index in [1.54, 1.807) is 17.4 Å². The second kappa shape index (κ2) is 3.92. The van der Waals surface area contributed by atoms with Gasteiger partial charge in [0.15, 0.2) is 5.13 Å². The van der Waals surface area contributed by atoms with E-state index in [0.29, 0.717) is 12.1 Å². The zero-order valence-corrected chi connectivity index (χ0v) is 10.3. The molecule has 2 heterocycles. The first kappa shape index (κ1) is 10.9. The van der Waals surface area contributed by atoms with Gasteiger partial charge in [-0.15, -0.1) is 0 Å². The number of nitrogens with zero attached hydrogens (tertiary/aromatic N) is 1. The SMILES string of the molecule is CC1(Nc2nc3cc(F)ccc3s2)CCOC1. The zero-order valence-electron chi connectivity index (χ0n) is 9.50. The third-order valence-corrected chi connectivity index (χ3v) is 3.93. The minimum absolute atomic E-state index is 0.0492. The predicted molar refractivity (Wildman–Crippen MR) is 67.0 cm³/mol. The summed E-state index contributed by atoms with van der Waals surface area (Å²) in [5.41, 5.74) is 0.659. The van der Waals surface area contributed by atoms with Crippen LogP contribution in [0.3, 0.4) is 0 Å². The number of ether oxygens (including phenoxy) is 1. The summed E-state index contributed by atoms with van der Waals surface area (Å²) in [4.78, 5) is 4.39. The molecule has 1 atom stereocenters. The molecule has 1 unspecified atom stereocenters. The number of hydrogen-bond donors (Lipinski definition) is 1. The summed E-state index contributed by atoms with van der Waals surface area (Å²) in [5, 5.41) is 4.22. The van der Waals surface area contributed by atoms with Crippen molar-refractivity contribution in [2.45, 2.75) is 18.9 Å². The lowest BCUT2D eigenvalue weighted by Crippen LogP contribution is -2.34. The lowest BCUT2D eigenvalue weighted by molar-refractivity contribution is 0.185. The summed E-state index contributed by atoms with van der Waals surface area (Å²) >= 11 is 1.55. The first-order chi connectivity index (χ1) is 8.15. The predicted octanol–water partition coefficient (Wildman–Crippen LogP) is 3.03. The van der Waals surface area contributed by atoms with Gasteiger partial charge < -0.3 is 10.1 Å². The molecule has 0 saturated carbocycles. The summed E-state index contributed by atoms with van der Waals surface area (Å²) in [6, 6.07) is 4.69. The molecule has 1 N–H and O–H groups in total. The van der Waals surface area contributed by atoms with Crippen LogP contribution < -0.4 is 5.32 Å². The second-order valence-electron chi connectivity index (χ2n) is 4.62. The van der Waals surface area contributed by atoms with E-state index in [2.05, 4.69) is 17.2 Å². The van der Waals surface area contributed by atoms with E-state index in [9.17, 15) is 4.39 Å². The van der Waals surface area contributed by atoms with Gasteiger partial charge in [-0.25, -0.2) is 9.37 Å². The van der Waals surface area contributed by atoms with Gasteiger partial charge in [0, 0.05) is 12.7 Å². The Hall–Kier alpha value is -1.20. The van der Waals surface area contributed by atoms with Gasteiger partial charge in [-0.05, 0) is 25.5 Å². The standard InChI is InChI=1S/C12H13FN2OS/c1-12(4-5-16-7-12)15-11-14-9-6-8(13)2-3-10(9)17-11/h2-3,6H,4-5,7H2,1H3,(H,14,15). The molecule has 0 aliphatic carbocycles. The van der Waals surface area contributed by atoms with E-state index in [1.807, 2.05) is 0 Å². The third-order valence-electron chi connectivity index (χ3n) is 2.98. The Morgan fingerprint density at radius 1 is 1.53 bits per heavy atom. The number of halogens is 1. The van der Waals surface area contributed by atoms with Gasteiger partial charge in [0.05, 0.1) is 22.4 Å². The molecule has 1 saturated heterocycles. The van der Waals surface area contributed by atoms with E-state index in [1.165, 1.54) is 12.1 Å². The van der Waals surface area contributed by atoms with Crippen molar-refractivity contribution in [2.24, 2.45) is 0 Å². The highest BCUT2D eigenvalue weighted by Gasteiger charge is 2.30. The number of nitrogens with one attached hydrogen (secondary N) is 1. The van der Waals surface area contributed by atoms with E-state index in [-0.39, 0.29) is 11.4 Å². The fraction of sp³-hybridized carbons (Fsp3) is 0.417. The van der Waals surface area contributed by atoms with Crippen LogP contribution in [0.2, 0.25) is 0 Å². The van der Waals surface area contributed by atoms with Gasteiger partial charge in [-0.1, -0.05) is 11.3 Å². The average Bonchev–Trinajstić information content (AvgIpc) is 2.84. The van der Waals surface area contributed by atoms with Crippen molar-refractivity contribution < 1.29 is 9.13 Å². The molecule has 1 aliphatic heterocycles. The molecule has 1 aromatic carbocycles. The van der Waals surface area contributed by atoms with E-state index < -0.39 is 0 Å². The summed E-state index contributed by atoms with van der Waals surface area (Å²) in [6.45, 7) is 3.59. The molecule has 0 bridgehead atoms. The van der Waals surface area contributed by atoms with Gasteiger partial charge in [-0.3, -0.25) is 0 Å². The first-order valence-corrected chi connectivity index (χ1v) is 6.38. The molecule has 17 heavy (non-hydrogen) atoms. The third kappa shape index (κ3) is 2.12. The summed E-state index contributed by atoms with van der Waals surface area (Å²) in [5.74, 6) is -0.246. The Morgan fingerprint density at radius 3 is 3.18 bits per heavy atom. The van der Waals surface area contributed by atoms with Crippen LogP contribution in [0.4, 0.5) is 9.52 Å². The van der Waals surface area contributed by atoms with Gasteiger partial charge in [0.1, 0.15) is 5.82 Å². The topological polar surface area (TPSA) is 34.2 Å². The zero-order chi connectivity index (χ0) is 11.9.